The van der Waals surface area contributed by atoms with E-state index < -0.39 is 0 Å². The third kappa shape index (κ3) is 3.75. The molecule has 0 saturated heterocycles. The van der Waals surface area contributed by atoms with E-state index in [1.54, 1.807) is 11.3 Å². The van der Waals surface area contributed by atoms with E-state index in [0.717, 1.165) is 24.9 Å². The average molecular weight is 422 g/mol. The van der Waals surface area contributed by atoms with Crippen molar-refractivity contribution in [2.45, 2.75) is 18.9 Å². The zero-order chi connectivity index (χ0) is 19.6. The zero-order valence-corrected chi connectivity index (χ0v) is 17.7. The van der Waals surface area contributed by atoms with Crippen molar-refractivity contribution in [2.75, 3.05) is 19.6 Å². The predicted octanol–water partition coefficient (Wildman–Crippen LogP) is 4.60. The molecule has 0 fully saturated rings. The second kappa shape index (κ2) is 8.14. The summed E-state index contributed by atoms with van der Waals surface area (Å²) in [4.78, 5) is 21.1. The molecule has 148 valence electrons. The van der Waals surface area contributed by atoms with E-state index in [-0.39, 0.29) is 11.9 Å². The van der Waals surface area contributed by atoms with Crippen LogP contribution in [0.1, 0.15) is 26.9 Å². The van der Waals surface area contributed by atoms with Crippen LogP contribution in [0.5, 0.6) is 0 Å². The van der Waals surface area contributed by atoms with Gasteiger partial charge in [-0.3, -0.25) is 9.69 Å². The summed E-state index contributed by atoms with van der Waals surface area (Å²) in [6.07, 6.45) is 3.91. The van der Waals surface area contributed by atoms with Crippen LogP contribution in [-0.4, -0.2) is 35.4 Å². The number of carbonyl (C=O) groups excluding carboxylic acids is 1. The fraction of sp³-hybridized carbons (Fsp3) is 0.261. The summed E-state index contributed by atoms with van der Waals surface area (Å²) < 4.78 is 0. The van der Waals surface area contributed by atoms with Crippen molar-refractivity contribution in [2.24, 2.45) is 0 Å². The topological polar surface area (TPSA) is 48.1 Å². The van der Waals surface area contributed by atoms with Gasteiger partial charge in [0, 0.05) is 39.9 Å². The molecule has 2 N–H and O–H groups in total. The van der Waals surface area contributed by atoms with E-state index in [1.165, 1.54) is 26.3 Å². The number of fused-ring (bicyclic) bond motifs is 2. The van der Waals surface area contributed by atoms with Crippen LogP contribution in [0.15, 0.2) is 59.4 Å². The smallest absolute Gasteiger partial charge is 0.234 e. The third-order valence-electron chi connectivity index (χ3n) is 5.62. The molecule has 29 heavy (non-hydrogen) atoms. The third-order valence-corrected chi connectivity index (χ3v) is 7.54. The van der Waals surface area contributed by atoms with Crippen LogP contribution >= 0.6 is 22.7 Å². The lowest BCUT2D eigenvalue weighted by Crippen LogP contribution is -2.42. The first-order valence-corrected chi connectivity index (χ1v) is 11.7. The van der Waals surface area contributed by atoms with Crippen molar-refractivity contribution in [3.63, 3.8) is 0 Å². The number of hydrogen-bond donors (Lipinski definition) is 2. The summed E-state index contributed by atoms with van der Waals surface area (Å²) in [7, 11) is 0. The number of carbonyl (C=O) groups is 1. The lowest BCUT2D eigenvalue weighted by Gasteiger charge is -2.34. The molecule has 0 spiro atoms. The van der Waals surface area contributed by atoms with Gasteiger partial charge < -0.3 is 10.3 Å². The van der Waals surface area contributed by atoms with Crippen molar-refractivity contribution in [1.82, 2.24) is 15.2 Å². The first-order valence-electron chi connectivity index (χ1n) is 9.95. The van der Waals surface area contributed by atoms with E-state index in [0.29, 0.717) is 13.1 Å². The Morgan fingerprint density at radius 3 is 2.97 bits per heavy atom. The number of nitrogens with one attached hydrogen (secondary N) is 2. The Morgan fingerprint density at radius 1 is 1.14 bits per heavy atom. The van der Waals surface area contributed by atoms with Gasteiger partial charge in [0.1, 0.15) is 0 Å². The number of hydrogen-bond acceptors (Lipinski definition) is 4. The first kappa shape index (κ1) is 18.6. The predicted molar refractivity (Wildman–Crippen MR) is 121 cm³/mol. The Labute approximate surface area is 178 Å². The molecule has 5 rings (SSSR count). The normalized spacial score (nSPS) is 16.8. The zero-order valence-electron chi connectivity index (χ0n) is 16.1. The van der Waals surface area contributed by atoms with Gasteiger partial charge in [-0.2, -0.15) is 0 Å². The number of benzene rings is 1. The molecular weight excluding hydrogens is 398 g/mol. The van der Waals surface area contributed by atoms with Crippen LogP contribution in [0, 0.1) is 0 Å². The largest absolute Gasteiger partial charge is 0.361 e. The quantitative estimate of drug-likeness (QED) is 0.478. The molecule has 0 radical (unpaired) electrons. The standard InChI is InChI=1S/C23H23N3OS2/c27-22(24-10-7-16-14-25-19-5-2-1-4-17(16)19)15-26-11-8-20-18(9-13-29-20)23(26)21-6-3-12-28-21/h1-6,9,12-14,23,25H,7-8,10-11,15H2,(H,24,27)/t23-/m1/s1. The van der Waals surface area contributed by atoms with E-state index in [4.69, 9.17) is 0 Å². The number of para-hydroxylation sites is 1. The molecule has 0 saturated carbocycles. The summed E-state index contributed by atoms with van der Waals surface area (Å²) in [5.41, 5.74) is 3.76. The molecule has 0 bridgehead atoms. The number of rotatable bonds is 6. The van der Waals surface area contributed by atoms with E-state index >= 15 is 0 Å². The van der Waals surface area contributed by atoms with Crippen molar-refractivity contribution >= 4 is 39.5 Å². The Hall–Kier alpha value is -2.41. The molecule has 1 amide bonds. The minimum absolute atomic E-state index is 0.102. The Bertz CT molecular complexity index is 1110. The molecule has 4 nitrogen and oxygen atoms in total. The average Bonchev–Trinajstić information content (AvgIpc) is 3.49. The SMILES string of the molecule is O=C(CN1CCc2sccc2[C@@H]1c1cccs1)NCCc1c[nH]c2ccccc12. The fourth-order valence-electron chi connectivity index (χ4n) is 4.23. The highest BCUT2D eigenvalue weighted by atomic mass is 32.1. The number of thiophene rings is 2. The first-order chi connectivity index (χ1) is 14.3. The second-order valence-corrected chi connectivity index (χ2v) is 9.38. The van der Waals surface area contributed by atoms with Gasteiger partial charge >= 0.3 is 0 Å². The van der Waals surface area contributed by atoms with E-state index in [1.807, 2.05) is 23.6 Å². The van der Waals surface area contributed by atoms with Crippen LogP contribution in [-0.2, 0) is 17.6 Å². The summed E-state index contributed by atoms with van der Waals surface area (Å²) in [5.74, 6) is 0.102. The van der Waals surface area contributed by atoms with Gasteiger partial charge in [-0.25, -0.2) is 0 Å². The number of aromatic amines is 1. The van der Waals surface area contributed by atoms with E-state index in [2.05, 4.69) is 62.4 Å². The number of H-pyrrole nitrogens is 1. The number of aromatic nitrogens is 1. The summed E-state index contributed by atoms with van der Waals surface area (Å²) in [6, 6.07) is 15.0. The highest BCUT2D eigenvalue weighted by Crippen LogP contribution is 2.39. The molecule has 4 aromatic rings. The van der Waals surface area contributed by atoms with Crippen molar-refractivity contribution in [3.05, 3.63) is 80.3 Å². The molecule has 6 heteroatoms. The van der Waals surface area contributed by atoms with Crippen LogP contribution in [0.3, 0.4) is 0 Å². The van der Waals surface area contributed by atoms with Crippen molar-refractivity contribution < 1.29 is 4.79 Å². The van der Waals surface area contributed by atoms with Crippen molar-refractivity contribution in [1.29, 1.82) is 0 Å². The highest BCUT2D eigenvalue weighted by molar-refractivity contribution is 7.10. The molecule has 3 aromatic heterocycles. The minimum Gasteiger partial charge on any atom is -0.361 e. The lowest BCUT2D eigenvalue weighted by atomic mass is 9.98. The maximum absolute atomic E-state index is 12.7. The molecule has 1 aromatic carbocycles. The second-order valence-electron chi connectivity index (χ2n) is 7.40. The lowest BCUT2D eigenvalue weighted by molar-refractivity contribution is -0.122. The van der Waals surface area contributed by atoms with Gasteiger partial charge in [-0.1, -0.05) is 24.3 Å². The minimum atomic E-state index is 0.102. The molecule has 0 unspecified atom stereocenters. The molecule has 4 heterocycles. The maximum Gasteiger partial charge on any atom is 0.234 e. The van der Waals surface area contributed by atoms with Crippen LogP contribution < -0.4 is 5.32 Å². The molecule has 1 aliphatic heterocycles. The van der Waals surface area contributed by atoms with Gasteiger partial charge in [0.05, 0.1) is 12.6 Å². The van der Waals surface area contributed by atoms with Crippen molar-refractivity contribution in [3.8, 4) is 0 Å². The number of amides is 1. The summed E-state index contributed by atoms with van der Waals surface area (Å²) in [5, 5.41) is 8.66. The fourth-order valence-corrected chi connectivity index (χ4v) is 6.01. The molecule has 1 atom stereocenters. The molecular formula is C23H23N3OS2. The molecule has 1 aliphatic rings. The van der Waals surface area contributed by atoms with Crippen LogP contribution in [0.2, 0.25) is 0 Å². The van der Waals surface area contributed by atoms with E-state index in [9.17, 15) is 4.79 Å². The molecule has 0 aliphatic carbocycles. The van der Waals surface area contributed by atoms with Crippen LogP contribution in [0.25, 0.3) is 10.9 Å². The monoisotopic (exact) mass is 421 g/mol. The van der Waals surface area contributed by atoms with Gasteiger partial charge in [-0.15, -0.1) is 22.7 Å². The van der Waals surface area contributed by atoms with Gasteiger partial charge in [0.2, 0.25) is 5.91 Å². The van der Waals surface area contributed by atoms with Crippen LogP contribution in [0.4, 0.5) is 0 Å². The summed E-state index contributed by atoms with van der Waals surface area (Å²) >= 11 is 3.61. The van der Waals surface area contributed by atoms with Gasteiger partial charge in [-0.05, 0) is 52.9 Å². The number of nitrogens with zero attached hydrogens (tertiary/aromatic N) is 1. The Balaban J connectivity index is 1.23. The highest BCUT2D eigenvalue weighted by Gasteiger charge is 2.31. The van der Waals surface area contributed by atoms with Gasteiger partial charge in [0.25, 0.3) is 0 Å². The Kier molecular flexibility index (Phi) is 5.23. The van der Waals surface area contributed by atoms with Gasteiger partial charge in [0.15, 0.2) is 0 Å². The summed E-state index contributed by atoms with van der Waals surface area (Å²) in [6.45, 7) is 2.01. The Morgan fingerprint density at radius 2 is 2.07 bits per heavy atom. The maximum atomic E-state index is 12.7.